The van der Waals surface area contributed by atoms with E-state index in [-0.39, 0.29) is 36.9 Å². The van der Waals surface area contributed by atoms with Gasteiger partial charge in [0.1, 0.15) is 5.70 Å². The van der Waals surface area contributed by atoms with Crippen molar-refractivity contribution in [2.45, 2.75) is 0 Å². The molecule has 0 unspecified atom stereocenters. The number of esters is 1. The largest absolute Gasteiger partial charge is 0.466 e. The van der Waals surface area contributed by atoms with Gasteiger partial charge >= 0.3 is 5.97 Å². The van der Waals surface area contributed by atoms with Crippen molar-refractivity contribution in [1.82, 2.24) is 9.88 Å². The average molecular weight is 403 g/mol. The number of para-hydroxylation sites is 1. The van der Waals surface area contributed by atoms with Crippen molar-refractivity contribution >= 4 is 28.5 Å². The van der Waals surface area contributed by atoms with E-state index < -0.39 is 5.97 Å². The molecule has 1 aromatic heterocycles. The van der Waals surface area contributed by atoms with Crippen LogP contribution < -0.4 is 5.32 Å². The van der Waals surface area contributed by atoms with Crippen LogP contribution >= 0.6 is 0 Å². The molecule has 2 N–H and O–H groups in total. The molecule has 152 valence electrons. The van der Waals surface area contributed by atoms with Crippen molar-refractivity contribution in [1.29, 1.82) is 0 Å². The van der Waals surface area contributed by atoms with Crippen LogP contribution in [0.1, 0.15) is 0 Å². The summed E-state index contributed by atoms with van der Waals surface area (Å²) >= 11 is 0. The van der Waals surface area contributed by atoms with Gasteiger partial charge in [-0.05, 0) is 29.8 Å². The summed E-state index contributed by atoms with van der Waals surface area (Å²) in [5.41, 5.74) is 3.87. The van der Waals surface area contributed by atoms with Gasteiger partial charge in [-0.1, -0.05) is 30.3 Å². The number of aliphatic hydroxyl groups is 1. The number of hydrogen-bond donors (Lipinski definition) is 2. The van der Waals surface area contributed by atoms with Crippen LogP contribution in [0.2, 0.25) is 0 Å². The second-order valence-electron chi connectivity index (χ2n) is 6.92. The molecule has 0 fully saturated rings. The molecule has 0 spiro atoms. The molecule has 2 heterocycles. The summed E-state index contributed by atoms with van der Waals surface area (Å²) in [4.78, 5) is 30.8. The number of ether oxygens (including phenoxy) is 1. The lowest BCUT2D eigenvalue weighted by atomic mass is 10.0. The first-order chi connectivity index (χ1) is 14.6. The van der Waals surface area contributed by atoms with E-state index in [1.807, 2.05) is 54.7 Å². The number of carbonyl (C=O) groups is 2. The van der Waals surface area contributed by atoms with Gasteiger partial charge in [0, 0.05) is 29.4 Å². The smallest absolute Gasteiger partial charge is 0.337 e. The minimum Gasteiger partial charge on any atom is -0.466 e. The van der Waals surface area contributed by atoms with Gasteiger partial charge in [0.2, 0.25) is 0 Å². The van der Waals surface area contributed by atoms with Crippen LogP contribution in [0.4, 0.5) is 5.69 Å². The molecular weight excluding hydrogens is 382 g/mol. The average Bonchev–Trinajstić information content (AvgIpc) is 3.08. The van der Waals surface area contributed by atoms with E-state index in [1.54, 1.807) is 0 Å². The number of nitrogens with one attached hydrogen (secondary N) is 1. The highest BCUT2D eigenvalue weighted by molar-refractivity contribution is 6.08. The molecule has 1 aliphatic heterocycles. The summed E-state index contributed by atoms with van der Waals surface area (Å²) in [5, 5.41) is 13.3. The molecule has 1 amide bonds. The Hall–Kier alpha value is -3.71. The highest BCUT2D eigenvalue weighted by Gasteiger charge is 2.34. The number of rotatable bonds is 6. The number of hydrogen-bond acceptors (Lipinski definition) is 6. The van der Waals surface area contributed by atoms with Gasteiger partial charge < -0.3 is 20.1 Å². The molecule has 0 radical (unpaired) electrons. The predicted octanol–water partition coefficient (Wildman–Crippen LogP) is 2.58. The third-order valence-electron chi connectivity index (χ3n) is 5.01. The van der Waals surface area contributed by atoms with E-state index in [1.165, 1.54) is 12.0 Å². The molecule has 0 saturated carbocycles. The number of fused-ring (bicyclic) bond motifs is 1. The Kier molecular flexibility index (Phi) is 5.45. The Labute approximate surface area is 173 Å². The second-order valence-corrected chi connectivity index (χ2v) is 6.92. The van der Waals surface area contributed by atoms with E-state index in [2.05, 4.69) is 16.4 Å². The number of β-amino-alcohol motifs (C(OH)–C–C–N with tert-alkyl or cyclic N) is 1. The topological polar surface area (TPSA) is 91.8 Å². The zero-order valence-electron chi connectivity index (χ0n) is 16.5. The summed E-state index contributed by atoms with van der Waals surface area (Å²) < 4.78 is 4.82. The van der Waals surface area contributed by atoms with Gasteiger partial charge in [-0.25, -0.2) is 4.79 Å². The van der Waals surface area contributed by atoms with Gasteiger partial charge in [0.25, 0.3) is 5.91 Å². The highest BCUT2D eigenvalue weighted by atomic mass is 16.5. The molecule has 0 bridgehead atoms. The Bertz CT molecular complexity index is 1160. The number of aliphatic hydroxyl groups excluding tert-OH is 1. The molecule has 4 rings (SSSR count). The molecular formula is C23H21N3O4. The fourth-order valence-electron chi connectivity index (χ4n) is 3.50. The third-order valence-corrected chi connectivity index (χ3v) is 5.01. The molecule has 0 aliphatic carbocycles. The lowest BCUT2D eigenvalue weighted by Gasteiger charge is -2.15. The van der Waals surface area contributed by atoms with Crippen LogP contribution in [0.3, 0.4) is 0 Å². The summed E-state index contributed by atoms with van der Waals surface area (Å²) in [6.45, 7) is 0.0634. The van der Waals surface area contributed by atoms with Crippen molar-refractivity contribution < 1.29 is 19.4 Å². The SMILES string of the molecule is COC(=O)C1=C(Nc2cccc(-c3cnc4ccccc4c3)c2)C(=O)N(CCO)C1. The fourth-order valence-corrected chi connectivity index (χ4v) is 3.50. The standard InChI is InChI=1S/C23H21N3O4/c1-30-23(29)19-14-26(9-10-27)22(28)21(19)25-18-7-4-6-15(12-18)17-11-16-5-2-3-8-20(16)24-13-17/h2-8,11-13,25,27H,9-10,14H2,1H3. The van der Waals surface area contributed by atoms with Gasteiger partial charge in [0.05, 0.1) is 31.4 Å². The first kappa shape index (κ1) is 19.6. The zero-order valence-corrected chi connectivity index (χ0v) is 16.5. The molecule has 1 aliphatic rings. The Morgan fingerprint density at radius 1 is 1.17 bits per heavy atom. The molecule has 3 aromatic rings. The van der Waals surface area contributed by atoms with Crippen molar-refractivity contribution in [2.75, 3.05) is 32.1 Å². The molecule has 2 aromatic carbocycles. The van der Waals surface area contributed by atoms with Crippen molar-refractivity contribution in [2.24, 2.45) is 0 Å². The normalized spacial score (nSPS) is 13.8. The van der Waals surface area contributed by atoms with Crippen molar-refractivity contribution in [3.05, 3.63) is 72.1 Å². The van der Waals surface area contributed by atoms with Gasteiger partial charge in [-0.2, -0.15) is 0 Å². The minimum atomic E-state index is -0.568. The number of benzene rings is 2. The number of anilines is 1. The number of amides is 1. The Morgan fingerprint density at radius 2 is 2.00 bits per heavy atom. The highest BCUT2D eigenvalue weighted by Crippen LogP contribution is 2.27. The van der Waals surface area contributed by atoms with Crippen molar-refractivity contribution in [3.63, 3.8) is 0 Å². The number of nitrogens with zero attached hydrogens (tertiary/aromatic N) is 2. The third kappa shape index (κ3) is 3.75. The first-order valence-corrected chi connectivity index (χ1v) is 9.54. The molecule has 7 heteroatoms. The van der Waals surface area contributed by atoms with E-state index >= 15 is 0 Å². The number of carbonyl (C=O) groups excluding carboxylic acids is 2. The monoisotopic (exact) mass is 403 g/mol. The maximum atomic E-state index is 12.7. The fraction of sp³-hybridized carbons (Fsp3) is 0.174. The van der Waals surface area contributed by atoms with Gasteiger partial charge in [-0.15, -0.1) is 0 Å². The van der Waals surface area contributed by atoms with Crippen LogP contribution in [0, 0.1) is 0 Å². The van der Waals surface area contributed by atoms with Gasteiger partial charge in [-0.3, -0.25) is 9.78 Å². The van der Waals surface area contributed by atoms with Crippen LogP contribution in [-0.2, 0) is 14.3 Å². The summed E-state index contributed by atoms with van der Waals surface area (Å²) in [6, 6.07) is 17.5. The van der Waals surface area contributed by atoms with Crippen LogP contribution in [0.15, 0.2) is 72.1 Å². The van der Waals surface area contributed by atoms with Gasteiger partial charge in [0.15, 0.2) is 0 Å². The van der Waals surface area contributed by atoms with E-state index in [9.17, 15) is 14.7 Å². The predicted molar refractivity (Wildman–Crippen MR) is 114 cm³/mol. The zero-order chi connectivity index (χ0) is 21.1. The summed E-state index contributed by atoms with van der Waals surface area (Å²) in [5.74, 6) is -0.914. The van der Waals surface area contributed by atoms with E-state index in [0.717, 1.165) is 22.0 Å². The van der Waals surface area contributed by atoms with E-state index in [0.29, 0.717) is 5.69 Å². The van der Waals surface area contributed by atoms with Crippen LogP contribution in [0.5, 0.6) is 0 Å². The lowest BCUT2D eigenvalue weighted by molar-refractivity contribution is -0.136. The molecule has 0 saturated heterocycles. The molecule has 30 heavy (non-hydrogen) atoms. The van der Waals surface area contributed by atoms with E-state index in [4.69, 9.17) is 4.74 Å². The summed E-state index contributed by atoms with van der Waals surface area (Å²) in [7, 11) is 1.28. The summed E-state index contributed by atoms with van der Waals surface area (Å²) in [6.07, 6.45) is 1.81. The molecule has 7 nitrogen and oxygen atoms in total. The maximum Gasteiger partial charge on any atom is 0.337 e. The lowest BCUT2D eigenvalue weighted by Crippen LogP contribution is -2.31. The molecule has 0 atom stereocenters. The first-order valence-electron chi connectivity index (χ1n) is 9.54. The Morgan fingerprint density at radius 3 is 2.80 bits per heavy atom. The minimum absolute atomic E-state index is 0.0999. The second kappa shape index (κ2) is 8.34. The van der Waals surface area contributed by atoms with Crippen LogP contribution in [-0.4, -0.2) is 53.7 Å². The van der Waals surface area contributed by atoms with Crippen molar-refractivity contribution in [3.8, 4) is 11.1 Å². The quantitative estimate of drug-likeness (QED) is 0.615. The number of methoxy groups -OCH3 is 1. The van der Waals surface area contributed by atoms with Crippen LogP contribution in [0.25, 0.3) is 22.0 Å². The maximum absolute atomic E-state index is 12.7. The Balaban J connectivity index is 1.66. The number of pyridine rings is 1. The number of aromatic nitrogens is 1.